The molecule has 3 aromatic rings. The maximum Gasteiger partial charge on any atom is 0.422 e. The van der Waals surface area contributed by atoms with Crippen molar-refractivity contribution in [2.24, 2.45) is 7.05 Å². The maximum absolute atomic E-state index is 12.8. The molecular formula is C19H16ClF3N4O3. The molecule has 0 aliphatic carbocycles. The van der Waals surface area contributed by atoms with E-state index >= 15 is 0 Å². The Morgan fingerprint density at radius 3 is 2.53 bits per heavy atom. The van der Waals surface area contributed by atoms with Crippen molar-refractivity contribution in [2.45, 2.75) is 13.1 Å². The minimum atomic E-state index is -4.55. The van der Waals surface area contributed by atoms with Gasteiger partial charge in [-0.1, -0.05) is 29.8 Å². The van der Waals surface area contributed by atoms with E-state index < -0.39 is 30.1 Å². The number of para-hydroxylation sites is 1. The summed E-state index contributed by atoms with van der Waals surface area (Å²) in [7, 11) is 1.67. The van der Waals surface area contributed by atoms with Crippen LogP contribution in [-0.2, 0) is 7.05 Å². The van der Waals surface area contributed by atoms with Crippen LogP contribution in [0.15, 0.2) is 47.4 Å². The Morgan fingerprint density at radius 2 is 1.93 bits per heavy atom. The lowest BCUT2D eigenvalue weighted by Gasteiger charge is -2.10. The number of pyridine rings is 1. The summed E-state index contributed by atoms with van der Waals surface area (Å²) in [5.74, 6) is -1.15. The molecule has 0 atom stereocenters. The number of alkyl halides is 3. The molecule has 2 aromatic heterocycles. The molecule has 1 aromatic carbocycles. The van der Waals surface area contributed by atoms with Crippen molar-refractivity contribution >= 4 is 23.2 Å². The zero-order chi connectivity index (χ0) is 22.1. The summed E-state index contributed by atoms with van der Waals surface area (Å²) in [5, 5.41) is 2.25. The van der Waals surface area contributed by atoms with Crippen LogP contribution < -0.4 is 15.6 Å². The Bertz CT molecular complexity index is 1140. The number of nitrogens with one attached hydrogen (secondary N) is 1. The average Bonchev–Trinajstić information content (AvgIpc) is 2.90. The highest BCUT2D eigenvalue weighted by Crippen LogP contribution is 2.25. The summed E-state index contributed by atoms with van der Waals surface area (Å²) >= 11 is 5.87. The fraction of sp³-hybridized carbons (Fsp3) is 0.211. The number of hydrogen-bond donors (Lipinski definition) is 1. The van der Waals surface area contributed by atoms with Crippen molar-refractivity contribution in [1.82, 2.24) is 14.3 Å². The van der Waals surface area contributed by atoms with Gasteiger partial charge in [-0.15, -0.1) is 0 Å². The SMILES string of the molecule is Cc1c(NC(=O)c2cnc(OCC(F)(F)F)c(Cl)c2)c(=O)n(-c2ccccc2)n1C. The number of carbonyl (C=O) groups excluding carboxylic acids is 1. The van der Waals surface area contributed by atoms with Crippen molar-refractivity contribution in [1.29, 1.82) is 0 Å². The molecule has 0 aliphatic heterocycles. The van der Waals surface area contributed by atoms with Crippen molar-refractivity contribution in [3.05, 3.63) is 69.2 Å². The van der Waals surface area contributed by atoms with E-state index in [2.05, 4.69) is 15.0 Å². The Morgan fingerprint density at radius 1 is 1.27 bits per heavy atom. The van der Waals surface area contributed by atoms with Gasteiger partial charge in [0.1, 0.15) is 10.7 Å². The van der Waals surface area contributed by atoms with E-state index in [-0.39, 0.29) is 16.3 Å². The molecule has 0 fully saturated rings. The molecule has 2 heterocycles. The first kappa shape index (κ1) is 21.4. The second-order valence-electron chi connectivity index (χ2n) is 6.31. The van der Waals surface area contributed by atoms with Gasteiger partial charge < -0.3 is 10.1 Å². The number of rotatable bonds is 5. The maximum atomic E-state index is 12.8. The van der Waals surface area contributed by atoms with Crippen molar-refractivity contribution in [3.63, 3.8) is 0 Å². The van der Waals surface area contributed by atoms with Crippen molar-refractivity contribution in [3.8, 4) is 11.6 Å². The van der Waals surface area contributed by atoms with Gasteiger partial charge in [0.05, 0.1) is 16.9 Å². The average molecular weight is 441 g/mol. The molecule has 7 nitrogen and oxygen atoms in total. The summed E-state index contributed by atoms with van der Waals surface area (Å²) in [6.07, 6.45) is -3.54. The highest BCUT2D eigenvalue weighted by Gasteiger charge is 2.29. The molecule has 0 saturated carbocycles. The molecule has 0 saturated heterocycles. The van der Waals surface area contributed by atoms with E-state index in [0.29, 0.717) is 11.4 Å². The Kier molecular flexibility index (Phi) is 5.88. The van der Waals surface area contributed by atoms with E-state index in [4.69, 9.17) is 11.6 Å². The lowest BCUT2D eigenvalue weighted by molar-refractivity contribution is -0.154. The molecule has 158 valence electrons. The number of carbonyl (C=O) groups is 1. The summed E-state index contributed by atoms with van der Waals surface area (Å²) in [6, 6.07) is 9.97. The Balaban J connectivity index is 1.85. The number of benzene rings is 1. The van der Waals surface area contributed by atoms with Crippen LogP contribution in [0.2, 0.25) is 5.02 Å². The number of amides is 1. The summed E-state index contributed by atoms with van der Waals surface area (Å²) in [4.78, 5) is 29.1. The lowest BCUT2D eigenvalue weighted by Crippen LogP contribution is -2.23. The van der Waals surface area contributed by atoms with Gasteiger partial charge in [0, 0.05) is 13.2 Å². The van der Waals surface area contributed by atoms with Gasteiger partial charge in [-0.2, -0.15) is 13.2 Å². The molecular weight excluding hydrogens is 425 g/mol. The van der Waals surface area contributed by atoms with Gasteiger partial charge in [-0.05, 0) is 25.1 Å². The molecule has 1 N–H and O–H groups in total. The number of nitrogens with zero attached hydrogens (tertiary/aromatic N) is 3. The minimum absolute atomic E-state index is 0.0479. The number of hydrogen-bond acceptors (Lipinski definition) is 4. The Hall–Kier alpha value is -3.27. The molecule has 0 aliphatic rings. The largest absolute Gasteiger partial charge is 0.467 e. The van der Waals surface area contributed by atoms with Crippen molar-refractivity contribution in [2.75, 3.05) is 11.9 Å². The van der Waals surface area contributed by atoms with Crippen LogP contribution in [0.1, 0.15) is 16.1 Å². The van der Waals surface area contributed by atoms with Crippen molar-refractivity contribution < 1.29 is 22.7 Å². The van der Waals surface area contributed by atoms with Crippen LogP contribution >= 0.6 is 11.6 Å². The first-order chi connectivity index (χ1) is 14.1. The van der Waals surface area contributed by atoms with Gasteiger partial charge >= 0.3 is 6.18 Å². The minimum Gasteiger partial charge on any atom is -0.467 e. The highest BCUT2D eigenvalue weighted by atomic mass is 35.5. The number of anilines is 1. The first-order valence-electron chi connectivity index (χ1n) is 8.59. The molecule has 1 amide bonds. The first-order valence-corrected chi connectivity index (χ1v) is 8.97. The Labute approximate surface area is 173 Å². The summed E-state index contributed by atoms with van der Waals surface area (Å²) < 4.78 is 44.3. The molecule has 30 heavy (non-hydrogen) atoms. The van der Waals surface area contributed by atoms with Crippen LogP contribution in [0.5, 0.6) is 5.88 Å². The molecule has 0 radical (unpaired) electrons. The fourth-order valence-corrected chi connectivity index (χ4v) is 2.92. The van der Waals surface area contributed by atoms with Gasteiger partial charge in [0.25, 0.3) is 11.5 Å². The van der Waals surface area contributed by atoms with Gasteiger partial charge in [-0.25, -0.2) is 9.67 Å². The van der Waals surface area contributed by atoms with Gasteiger partial charge in [-0.3, -0.25) is 14.3 Å². The third kappa shape index (κ3) is 4.48. The zero-order valence-corrected chi connectivity index (χ0v) is 16.6. The highest BCUT2D eigenvalue weighted by molar-refractivity contribution is 6.32. The van der Waals surface area contributed by atoms with Gasteiger partial charge in [0.2, 0.25) is 5.88 Å². The predicted molar refractivity (Wildman–Crippen MR) is 104 cm³/mol. The second-order valence-corrected chi connectivity index (χ2v) is 6.71. The predicted octanol–water partition coefficient (Wildman–Crippen LogP) is 3.73. The van der Waals surface area contributed by atoms with E-state index in [1.54, 1.807) is 42.9 Å². The fourth-order valence-electron chi connectivity index (χ4n) is 2.70. The van der Waals surface area contributed by atoms with Crippen LogP contribution in [-0.4, -0.2) is 33.0 Å². The van der Waals surface area contributed by atoms with E-state index in [1.165, 1.54) is 4.68 Å². The lowest BCUT2D eigenvalue weighted by atomic mass is 10.2. The molecule has 3 rings (SSSR count). The standard InChI is InChI=1S/C19H16ClF3N4O3/c1-11-15(18(29)27(26(11)2)13-6-4-3-5-7-13)25-16(28)12-8-14(20)17(24-9-12)30-10-19(21,22)23/h3-9H,10H2,1-2H3,(H,25,28). The van der Waals surface area contributed by atoms with Crippen LogP contribution in [0.4, 0.5) is 18.9 Å². The normalized spacial score (nSPS) is 11.4. The number of halogens is 4. The number of aromatic nitrogens is 3. The quantitative estimate of drug-likeness (QED) is 0.656. The van der Waals surface area contributed by atoms with E-state index in [1.807, 2.05) is 6.07 Å². The molecule has 0 spiro atoms. The van der Waals surface area contributed by atoms with E-state index in [9.17, 15) is 22.8 Å². The summed E-state index contributed by atoms with van der Waals surface area (Å²) in [6.45, 7) is 0.100. The zero-order valence-electron chi connectivity index (χ0n) is 15.8. The van der Waals surface area contributed by atoms with Crippen LogP contribution in [0, 0.1) is 6.92 Å². The van der Waals surface area contributed by atoms with E-state index in [0.717, 1.165) is 12.3 Å². The summed E-state index contributed by atoms with van der Waals surface area (Å²) in [5.41, 5.74) is 0.678. The molecule has 0 unspecified atom stereocenters. The number of ether oxygens (including phenoxy) is 1. The third-order valence-electron chi connectivity index (χ3n) is 4.23. The smallest absolute Gasteiger partial charge is 0.422 e. The third-order valence-corrected chi connectivity index (χ3v) is 4.51. The topological polar surface area (TPSA) is 78.2 Å². The van der Waals surface area contributed by atoms with Crippen LogP contribution in [0.3, 0.4) is 0 Å². The van der Waals surface area contributed by atoms with Gasteiger partial charge in [0.15, 0.2) is 6.61 Å². The molecule has 0 bridgehead atoms. The molecule has 11 heteroatoms. The second kappa shape index (κ2) is 8.23. The van der Waals surface area contributed by atoms with Crippen LogP contribution in [0.25, 0.3) is 5.69 Å². The monoisotopic (exact) mass is 440 g/mol.